The summed E-state index contributed by atoms with van der Waals surface area (Å²) in [5, 5.41) is 28.8. The van der Waals surface area contributed by atoms with Gasteiger partial charge in [-0.3, -0.25) is 5.10 Å². The van der Waals surface area contributed by atoms with Gasteiger partial charge in [0.25, 0.3) is 0 Å². The van der Waals surface area contributed by atoms with Crippen molar-refractivity contribution in [3.05, 3.63) is 23.3 Å². The third kappa shape index (κ3) is 3.76. The minimum absolute atomic E-state index is 0.0217. The summed E-state index contributed by atoms with van der Waals surface area (Å²) in [6.45, 7) is 1.26. The van der Waals surface area contributed by atoms with E-state index in [-0.39, 0.29) is 35.6 Å². The molecule has 0 aromatic carbocycles. The topological polar surface area (TPSA) is 130 Å². The molecule has 4 N–H and O–H groups in total. The number of nitrogens with zero attached hydrogens (tertiary/aromatic N) is 5. The van der Waals surface area contributed by atoms with Gasteiger partial charge in [0.2, 0.25) is 5.95 Å². The van der Waals surface area contributed by atoms with E-state index in [1.807, 2.05) is 18.9 Å². The number of aryl methyl sites for hydroxylation is 1. The summed E-state index contributed by atoms with van der Waals surface area (Å²) in [7, 11) is 1.83. The Bertz CT molecular complexity index is 923. The molecule has 0 aliphatic carbocycles. The van der Waals surface area contributed by atoms with Crippen LogP contribution < -0.4 is 10.2 Å². The smallest absolute Gasteiger partial charge is 0.407 e. The van der Waals surface area contributed by atoms with E-state index in [2.05, 4.69) is 25.5 Å². The normalized spacial score (nSPS) is 23.3. The third-order valence-electron chi connectivity index (χ3n) is 6.04. The van der Waals surface area contributed by atoms with Crippen molar-refractivity contribution in [1.29, 1.82) is 0 Å². The molecule has 11 heteroatoms. The van der Waals surface area contributed by atoms with Gasteiger partial charge in [0.05, 0.1) is 6.61 Å². The fourth-order valence-electron chi connectivity index (χ4n) is 4.57. The zero-order valence-electron chi connectivity index (χ0n) is 17.0. The summed E-state index contributed by atoms with van der Waals surface area (Å²) in [6.07, 6.45) is 3.15. The number of aliphatic hydroxyl groups excluding tert-OH is 1. The number of carboxylic acid groups (broad SMARTS) is 1. The molecule has 2 saturated heterocycles. The molecular weight excluding hydrogens is 393 g/mol. The van der Waals surface area contributed by atoms with Crippen molar-refractivity contribution in [2.24, 2.45) is 0 Å². The van der Waals surface area contributed by atoms with Gasteiger partial charge in [-0.25, -0.2) is 14.2 Å². The molecule has 4 rings (SSSR count). The number of hydrogen-bond donors (Lipinski definition) is 4. The monoisotopic (exact) mass is 419 g/mol. The van der Waals surface area contributed by atoms with Gasteiger partial charge in [0.1, 0.15) is 5.69 Å². The fraction of sp³-hybridized carbons (Fsp3) is 0.579. The van der Waals surface area contributed by atoms with Crippen molar-refractivity contribution in [2.75, 3.05) is 17.3 Å². The van der Waals surface area contributed by atoms with Gasteiger partial charge >= 0.3 is 6.09 Å². The average molecular weight is 419 g/mol. The fourth-order valence-corrected chi connectivity index (χ4v) is 4.57. The Labute approximate surface area is 173 Å². The molecule has 4 heterocycles. The predicted molar refractivity (Wildman–Crippen MR) is 107 cm³/mol. The second kappa shape index (κ2) is 8.05. The number of rotatable bonds is 5. The number of nitrogens with one attached hydrogen (secondary N) is 2. The molecule has 2 bridgehead atoms. The molecule has 2 fully saturated rings. The standard InChI is InChI=1S/C19H26FN7O3/c1-10-6-15(25-24-10)22-17-16(20)14(9-28)21-18(23-17)26(2)13-7-11-4-3-5-12(8-13)27(11)19(29)30/h6,11-13,28H,3-5,7-9H2,1-2H3,(H,29,30)(H2,21,22,23,24,25)/t11-,12+,13-. The largest absolute Gasteiger partial charge is 0.465 e. The van der Waals surface area contributed by atoms with Crippen molar-refractivity contribution in [3.63, 3.8) is 0 Å². The summed E-state index contributed by atoms with van der Waals surface area (Å²) >= 11 is 0. The number of H-pyrrole nitrogens is 1. The molecule has 2 aromatic rings. The Hall–Kier alpha value is -2.95. The number of amides is 1. The summed E-state index contributed by atoms with van der Waals surface area (Å²) in [5.41, 5.74) is 0.702. The maximum Gasteiger partial charge on any atom is 0.407 e. The Morgan fingerprint density at radius 2 is 2.07 bits per heavy atom. The number of carbonyl (C=O) groups is 1. The summed E-state index contributed by atoms with van der Waals surface area (Å²) in [5.74, 6) is -0.104. The van der Waals surface area contributed by atoms with Crippen molar-refractivity contribution in [3.8, 4) is 0 Å². The number of fused-ring (bicyclic) bond motifs is 2. The highest BCUT2D eigenvalue weighted by molar-refractivity contribution is 5.66. The Balaban J connectivity index is 1.60. The molecule has 3 atom stereocenters. The van der Waals surface area contributed by atoms with Crippen LogP contribution >= 0.6 is 0 Å². The van der Waals surface area contributed by atoms with E-state index in [4.69, 9.17) is 0 Å². The van der Waals surface area contributed by atoms with E-state index in [0.29, 0.717) is 18.7 Å². The van der Waals surface area contributed by atoms with Crippen molar-refractivity contribution in [2.45, 2.75) is 63.8 Å². The highest BCUT2D eigenvalue weighted by atomic mass is 19.1. The zero-order valence-corrected chi connectivity index (χ0v) is 17.0. The quantitative estimate of drug-likeness (QED) is 0.581. The second-order valence-corrected chi connectivity index (χ2v) is 8.02. The van der Waals surface area contributed by atoms with Crippen molar-refractivity contribution >= 4 is 23.7 Å². The number of aliphatic hydroxyl groups is 1. The number of hydrogen-bond acceptors (Lipinski definition) is 7. The minimum atomic E-state index is -0.868. The number of piperidine rings is 2. The van der Waals surface area contributed by atoms with Crippen LogP contribution in [-0.2, 0) is 6.61 Å². The molecule has 1 amide bonds. The number of aromatic nitrogens is 4. The maximum absolute atomic E-state index is 14.7. The molecule has 30 heavy (non-hydrogen) atoms. The first kappa shape index (κ1) is 20.3. The number of anilines is 3. The lowest BCUT2D eigenvalue weighted by molar-refractivity contribution is 0.0351. The van der Waals surface area contributed by atoms with Gasteiger partial charge in [-0.05, 0) is 39.0 Å². The molecule has 0 spiro atoms. The highest BCUT2D eigenvalue weighted by Crippen LogP contribution is 2.36. The third-order valence-corrected chi connectivity index (χ3v) is 6.04. The van der Waals surface area contributed by atoms with Gasteiger partial charge in [-0.15, -0.1) is 0 Å². The van der Waals surface area contributed by atoms with Crippen LogP contribution in [0.15, 0.2) is 6.07 Å². The van der Waals surface area contributed by atoms with Gasteiger partial charge in [0, 0.05) is 36.9 Å². The molecule has 2 aromatic heterocycles. The molecule has 10 nitrogen and oxygen atoms in total. The van der Waals surface area contributed by atoms with Crippen LogP contribution in [0.3, 0.4) is 0 Å². The zero-order chi connectivity index (χ0) is 21.4. The van der Waals surface area contributed by atoms with Crippen LogP contribution in [0.1, 0.15) is 43.5 Å². The van der Waals surface area contributed by atoms with Crippen LogP contribution in [-0.4, -0.2) is 66.5 Å². The lowest BCUT2D eigenvalue weighted by Crippen LogP contribution is -2.58. The number of aromatic amines is 1. The first-order valence-electron chi connectivity index (χ1n) is 10.1. The lowest BCUT2D eigenvalue weighted by atomic mass is 9.81. The van der Waals surface area contributed by atoms with Crippen molar-refractivity contribution in [1.82, 2.24) is 25.1 Å². The van der Waals surface area contributed by atoms with Gasteiger partial charge < -0.3 is 25.3 Å². The molecule has 0 saturated carbocycles. The van der Waals surface area contributed by atoms with Gasteiger partial charge in [0.15, 0.2) is 17.5 Å². The van der Waals surface area contributed by atoms with E-state index in [1.165, 1.54) is 0 Å². The van der Waals surface area contributed by atoms with Gasteiger partial charge in [-0.1, -0.05) is 0 Å². The van der Waals surface area contributed by atoms with Crippen LogP contribution in [0.5, 0.6) is 0 Å². The molecule has 2 aliphatic rings. The van der Waals surface area contributed by atoms with Crippen LogP contribution in [0.25, 0.3) is 0 Å². The summed E-state index contributed by atoms with van der Waals surface area (Å²) in [4.78, 5) is 23.7. The number of halogens is 1. The summed E-state index contributed by atoms with van der Waals surface area (Å²) < 4.78 is 14.7. The molecular formula is C19H26FN7O3. The van der Waals surface area contributed by atoms with E-state index in [9.17, 15) is 19.4 Å². The Morgan fingerprint density at radius 1 is 1.37 bits per heavy atom. The first-order valence-corrected chi connectivity index (χ1v) is 10.1. The Morgan fingerprint density at radius 3 is 2.63 bits per heavy atom. The van der Waals surface area contributed by atoms with Crippen LogP contribution in [0.4, 0.5) is 26.8 Å². The van der Waals surface area contributed by atoms with E-state index in [1.54, 1.807) is 11.0 Å². The molecule has 2 aliphatic heterocycles. The first-order chi connectivity index (χ1) is 14.4. The van der Waals surface area contributed by atoms with Gasteiger partial charge in [-0.2, -0.15) is 10.1 Å². The molecule has 162 valence electrons. The van der Waals surface area contributed by atoms with Crippen LogP contribution in [0, 0.1) is 12.7 Å². The molecule has 0 unspecified atom stereocenters. The minimum Gasteiger partial charge on any atom is -0.465 e. The maximum atomic E-state index is 14.7. The highest BCUT2D eigenvalue weighted by Gasteiger charge is 2.42. The van der Waals surface area contributed by atoms with E-state index >= 15 is 0 Å². The lowest BCUT2D eigenvalue weighted by Gasteiger charge is -2.49. The summed E-state index contributed by atoms with van der Waals surface area (Å²) in [6, 6.07) is 1.66. The molecule has 0 radical (unpaired) electrons. The average Bonchev–Trinajstić information content (AvgIpc) is 3.12. The van der Waals surface area contributed by atoms with E-state index in [0.717, 1.165) is 25.0 Å². The SMILES string of the molecule is Cc1cc(Nc2nc(N(C)[C@@H]3C[C@H]4CCC[C@@H](C3)N4C(=O)O)nc(CO)c2F)n[nH]1. The van der Waals surface area contributed by atoms with Crippen molar-refractivity contribution < 1.29 is 19.4 Å². The second-order valence-electron chi connectivity index (χ2n) is 8.02. The van der Waals surface area contributed by atoms with Crippen LogP contribution in [0.2, 0.25) is 0 Å². The Kier molecular flexibility index (Phi) is 5.46. The van der Waals surface area contributed by atoms with E-state index < -0.39 is 18.5 Å². The predicted octanol–water partition coefficient (Wildman–Crippen LogP) is 2.38.